The zero-order valence-electron chi connectivity index (χ0n) is 11.2. The lowest BCUT2D eigenvalue weighted by molar-refractivity contribution is 0.0933. The topological polar surface area (TPSA) is 82.2 Å². The molecule has 1 fully saturated rings. The number of carbonyl (C=O) groups excluding carboxylic acids is 1. The van der Waals surface area contributed by atoms with E-state index in [2.05, 4.69) is 10.3 Å². The van der Waals surface area contributed by atoms with Gasteiger partial charge in [0.05, 0.1) is 6.33 Å². The van der Waals surface area contributed by atoms with E-state index in [4.69, 9.17) is 10.5 Å². The molecule has 1 heterocycles. The van der Waals surface area contributed by atoms with Crippen molar-refractivity contribution in [1.29, 1.82) is 0 Å². The summed E-state index contributed by atoms with van der Waals surface area (Å²) >= 11 is 0. The number of nitrogens with zero attached hydrogens (tertiary/aromatic N) is 2. The molecular weight excluding hydrogens is 244 g/mol. The van der Waals surface area contributed by atoms with Crippen molar-refractivity contribution < 1.29 is 9.53 Å². The molecule has 0 unspecified atom stereocenters. The van der Waals surface area contributed by atoms with E-state index >= 15 is 0 Å². The van der Waals surface area contributed by atoms with Crippen LogP contribution in [0.4, 0.5) is 0 Å². The van der Waals surface area contributed by atoms with Crippen LogP contribution in [0.3, 0.4) is 0 Å². The fourth-order valence-electron chi connectivity index (χ4n) is 1.75. The van der Waals surface area contributed by atoms with Crippen LogP contribution in [0.5, 0.6) is 0 Å². The minimum atomic E-state index is -0.141. The summed E-state index contributed by atoms with van der Waals surface area (Å²) in [6, 6.07) is 0. The molecule has 1 aliphatic rings. The van der Waals surface area contributed by atoms with Gasteiger partial charge in [0.2, 0.25) is 0 Å². The Morgan fingerprint density at radius 2 is 2.42 bits per heavy atom. The summed E-state index contributed by atoms with van der Waals surface area (Å²) in [6.07, 6.45) is 6.79. The van der Waals surface area contributed by atoms with Crippen molar-refractivity contribution in [2.75, 3.05) is 26.3 Å². The van der Waals surface area contributed by atoms with E-state index in [9.17, 15) is 4.79 Å². The van der Waals surface area contributed by atoms with E-state index in [-0.39, 0.29) is 5.91 Å². The van der Waals surface area contributed by atoms with Crippen LogP contribution in [-0.4, -0.2) is 41.8 Å². The molecule has 2 rings (SSSR count). The predicted molar refractivity (Wildman–Crippen MR) is 71.8 cm³/mol. The number of ether oxygens (including phenoxy) is 1. The standard InChI is InChI=1S/C13H22N4O2/c14-4-6-17-8-12(16-10-17)13(18)15-5-1-7-19-9-11-2-3-11/h8,10-11H,1-7,9,14H2,(H,15,18). The monoisotopic (exact) mass is 266 g/mol. The van der Waals surface area contributed by atoms with Crippen LogP contribution in [-0.2, 0) is 11.3 Å². The molecule has 6 nitrogen and oxygen atoms in total. The zero-order valence-corrected chi connectivity index (χ0v) is 11.2. The molecule has 0 spiro atoms. The third-order valence-electron chi connectivity index (χ3n) is 3.05. The number of nitrogens with two attached hydrogens (primary N) is 1. The first-order chi connectivity index (χ1) is 9.29. The summed E-state index contributed by atoms with van der Waals surface area (Å²) in [6.45, 7) is 3.41. The predicted octanol–water partition coefficient (Wildman–Crippen LogP) is 0.388. The minimum absolute atomic E-state index is 0.141. The van der Waals surface area contributed by atoms with Gasteiger partial charge in [-0.05, 0) is 25.2 Å². The molecule has 0 aromatic carbocycles. The summed E-state index contributed by atoms with van der Waals surface area (Å²) < 4.78 is 7.31. The number of hydrogen-bond acceptors (Lipinski definition) is 4. The van der Waals surface area contributed by atoms with Gasteiger partial charge in [0, 0.05) is 39.0 Å². The number of rotatable bonds is 9. The molecule has 3 N–H and O–H groups in total. The number of aromatic nitrogens is 2. The Hall–Kier alpha value is -1.40. The van der Waals surface area contributed by atoms with Crippen LogP contribution in [0.25, 0.3) is 0 Å². The maximum absolute atomic E-state index is 11.8. The third kappa shape index (κ3) is 5.00. The van der Waals surface area contributed by atoms with Crippen molar-refractivity contribution in [2.24, 2.45) is 11.7 Å². The second kappa shape index (κ2) is 7.25. The Labute approximate surface area is 113 Å². The second-order valence-electron chi connectivity index (χ2n) is 4.91. The Bertz CT molecular complexity index is 401. The molecule has 106 valence electrons. The minimum Gasteiger partial charge on any atom is -0.381 e. The summed E-state index contributed by atoms with van der Waals surface area (Å²) in [5, 5.41) is 2.83. The molecule has 0 saturated heterocycles. The van der Waals surface area contributed by atoms with E-state index in [1.54, 1.807) is 12.5 Å². The average molecular weight is 266 g/mol. The number of nitrogens with one attached hydrogen (secondary N) is 1. The lowest BCUT2D eigenvalue weighted by atomic mass is 10.4. The molecule has 19 heavy (non-hydrogen) atoms. The fraction of sp³-hybridized carbons (Fsp3) is 0.692. The lowest BCUT2D eigenvalue weighted by Crippen LogP contribution is -2.25. The van der Waals surface area contributed by atoms with Crippen molar-refractivity contribution in [2.45, 2.75) is 25.8 Å². The summed E-state index contributed by atoms with van der Waals surface area (Å²) in [4.78, 5) is 15.8. The first kappa shape index (κ1) is 14.0. The van der Waals surface area contributed by atoms with Gasteiger partial charge >= 0.3 is 0 Å². The molecular formula is C13H22N4O2. The molecule has 1 aliphatic carbocycles. The molecule has 0 radical (unpaired) electrons. The molecule has 1 aromatic heterocycles. The zero-order chi connectivity index (χ0) is 13.5. The van der Waals surface area contributed by atoms with Gasteiger partial charge in [-0.15, -0.1) is 0 Å². The Morgan fingerprint density at radius 3 is 3.16 bits per heavy atom. The molecule has 1 aromatic rings. The number of carbonyl (C=O) groups is 1. The van der Waals surface area contributed by atoms with Crippen molar-refractivity contribution in [3.8, 4) is 0 Å². The Morgan fingerprint density at radius 1 is 1.58 bits per heavy atom. The van der Waals surface area contributed by atoms with Gasteiger partial charge < -0.3 is 20.4 Å². The van der Waals surface area contributed by atoms with E-state index in [1.165, 1.54) is 12.8 Å². The van der Waals surface area contributed by atoms with E-state index < -0.39 is 0 Å². The highest BCUT2D eigenvalue weighted by molar-refractivity contribution is 5.91. The second-order valence-corrected chi connectivity index (χ2v) is 4.91. The van der Waals surface area contributed by atoms with Crippen molar-refractivity contribution in [3.05, 3.63) is 18.2 Å². The van der Waals surface area contributed by atoms with Crippen LogP contribution in [0.15, 0.2) is 12.5 Å². The van der Waals surface area contributed by atoms with E-state index in [0.29, 0.717) is 31.9 Å². The molecule has 0 bridgehead atoms. The van der Waals surface area contributed by atoms with Gasteiger partial charge in [-0.2, -0.15) is 0 Å². The number of hydrogen-bond donors (Lipinski definition) is 2. The van der Waals surface area contributed by atoms with Gasteiger partial charge in [-0.25, -0.2) is 4.98 Å². The van der Waals surface area contributed by atoms with E-state index in [0.717, 1.165) is 18.9 Å². The van der Waals surface area contributed by atoms with Crippen LogP contribution >= 0.6 is 0 Å². The van der Waals surface area contributed by atoms with E-state index in [1.807, 2.05) is 4.57 Å². The summed E-state index contributed by atoms with van der Waals surface area (Å²) in [5.74, 6) is 0.652. The lowest BCUT2D eigenvalue weighted by Gasteiger charge is -2.04. The summed E-state index contributed by atoms with van der Waals surface area (Å²) in [7, 11) is 0. The van der Waals surface area contributed by atoms with Crippen LogP contribution in [0.1, 0.15) is 29.8 Å². The number of imidazole rings is 1. The molecule has 1 saturated carbocycles. The van der Waals surface area contributed by atoms with Crippen LogP contribution in [0.2, 0.25) is 0 Å². The highest BCUT2D eigenvalue weighted by Gasteiger charge is 2.20. The Kier molecular flexibility index (Phi) is 5.35. The first-order valence-corrected chi connectivity index (χ1v) is 6.87. The van der Waals surface area contributed by atoms with Crippen molar-refractivity contribution in [1.82, 2.24) is 14.9 Å². The Balaban J connectivity index is 1.57. The van der Waals surface area contributed by atoms with Crippen LogP contribution < -0.4 is 11.1 Å². The van der Waals surface area contributed by atoms with Crippen molar-refractivity contribution >= 4 is 5.91 Å². The average Bonchev–Trinajstić information content (AvgIpc) is 3.11. The highest BCUT2D eigenvalue weighted by Crippen LogP contribution is 2.28. The molecule has 6 heteroatoms. The largest absolute Gasteiger partial charge is 0.381 e. The maximum Gasteiger partial charge on any atom is 0.271 e. The van der Waals surface area contributed by atoms with Gasteiger partial charge in [0.25, 0.3) is 5.91 Å². The molecule has 0 atom stereocenters. The highest BCUT2D eigenvalue weighted by atomic mass is 16.5. The summed E-state index contributed by atoms with van der Waals surface area (Å²) in [5.41, 5.74) is 5.87. The van der Waals surface area contributed by atoms with Gasteiger partial charge in [0.15, 0.2) is 0 Å². The quantitative estimate of drug-likeness (QED) is 0.633. The van der Waals surface area contributed by atoms with Crippen molar-refractivity contribution in [3.63, 3.8) is 0 Å². The SMILES string of the molecule is NCCn1cnc(C(=O)NCCCOCC2CC2)c1. The molecule has 1 amide bonds. The van der Waals surface area contributed by atoms with Gasteiger partial charge in [0.1, 0.15) is 5.69 Å². The molecule has 0 aliphatic heterocycles. The fourth-order valence-corrected chi connectivity index (χ4v) is 1.75. The maximum atomic E-state index is 11.8. The normalized spacial score (nSPS) is 14.6. The van der Waals surface area contributed by atoms with Gasteiger partial charge in [-0.3, -0.25) is 4.79 Å². The van der Waals surface area contributed by atoms with Gasteiger partial charge in [-0.1, -0.05) is 0 Å². The first-order valence-electron chi connectivity index (χ1n) is 6.87. The third-order valence-corrected chi connectivity index (χ3v) is 3.05. The number of amides is 1. The van der Waals surface area contributed by atoms with Crippen LogP contribution in [0, 0.1) is 5.92 Å². The smallest absolute Gasteiger partial charge is 0.271 e.